The van der Waals surface area contributed by atoms with Gasteiger partial charge in [0.1, 0.15) is 0 Å². The van der Waals surface area contributed by atoms with Gasteiger partial charge in [0.15, 0.2) is 0 Å². The zero-order valence-electron chi connectivity index (χ0n) is 19.3. The van der Waals surface area contributed by atoms with E-state index in [-0.39, 0.29) is 6.42 Å². The first-order chi connectivity index (χ1) is 15.0. The topological polar surface area (TPSA) is 33.6 Å². The third-order valence-corrected chi connectivity index (χ3v) is 5.75. The highest BCUT2D eigenvalue weighted by Gasteiger charge is 2.43. The molecule has 0 aliphatic carbocycles. The van der Waals surface area contributed by atoms with Crippen molar-refractivity contribution in [3.8, 4) is 0 Å². The lowest BCUT2D eigenvalue weighted by atomic mass is 10.0. The van der Waals surface area contributed by atoms with Crippen LogP contribution in [0.3, 0.4) is 0 Å². The predicted molar refractivity (Wildman–Crippen MR) is 125 cm³/mol. The number of unbranched alkanes of at least 4 members (excludes halogenated alkanes) is 9. The first kappa shape index (κ1) is 25.5. The van der Waals surface area contributed by atoms with Gasteiger partial charge >= 0.3 is 6.11 Å². The maximum atomic E-state index is 14.7. The Morgan fingerprint density at radius 2 is 1.48 bits per heavy atom. The zero-order chi connectivity index (χ0) is 22.4. The minimum absolute atomic E-state index is 0.296. The van der Waals surface area contributed by atoms with Crippen LogP contribution in [0.1, 0.15) is 102 Å². The Morgan fingerprint density at radius 1 is 0.871 bits per heavy atom. The number of alkyl halides is 2. The molecule has 174 valence electrons. The smallest absolute Gasteiger partial charge is 0.341 e. The molecule has 0 bridgehead atoms. The van der Waals surface area contributed by atoms with Gasteiger partial charge < -0.3 is 5.32 Å². The molecule has 0 radical (unpaired) electrons. The van der Waals surface area contributed by atoms with Crippen LogP contribution in [0.25, 0.3) is 0 Å². The van der Waals surface area contributed by atoms with Crippen molar-refractivity contribution in [1.82, 2.24) is 5.32 Å². The number of aryl methyl sites for hydroxylation is 1. The van der Waals surface area contributed by atoms with Gasteiger partial charge in [-0.05, 0) is 30.9 Å². The van der Waals surface area contributed by atoms with Gasteiger partial charge in [-0.25, -0.2) is 4.99 Å². The number of hydrogen-bond donors (Lipinski definition) is 1. The molecule has 0 fully saturated rings. The Bertz CT molecular complexity index is 672. The molecular weight excluding hydrogens is 394 g/mol. The Morgan fingerprint density at radius 3 is 2.10 bits per heavy atom. The average Bonchev–Trinajstić information content (AvgIpc) is 2.76. The van der Waals surface area contributed by atoms with E-state index in [0.717, 1.165) is 38.5 Å². The van der Waals surface area contributed by atoms with Crippen molar-refractivity contribution < 1.29 is 13.5 Å². The van der Waals surface area contributed by atoms with E-state index in [2.05, 4.69) is 24.2 Å². The maximum Gasteiger partial charge on any atom is 0.359 e. The molecule has 31 heavy (non-hydrogen) atoms. The standard InChI is InChI=1S/C26H40F2N2O/c1-3-5-7-9-10-12-15-23-16-18-24(19-17-23)26(29-21-14-22-30-26)31-25(27,28)20-13-11-8-6-4-2/h14,16-19,21-22,29H,3-13,15,20H2,1-2H3. The molecule has 0 aromatic heterocycles. The van der Waals surface area contributed by atoms with E-state index in [1.807, 2.05) is 24.3 Å². The van der Waals surface area contributed by atoms with E-state index >= 15 is 0 Å². The van der Waals surface area contributed by atoms with E-state index in [1.54, 1.807) is 12.3 Å². The summed E-state index contributed by atoms with van der Waals surface area (Å²) >= 11 is 0. The highest BCUT2D eigenvalue weighted by molar-refractivity contribution is 5.72. The second-order valence-corrected chi connectivity index (χ2v) is 8.54. The van der Waals surface area contributed by atoms with Crippen molar-refractivity contribution in [1.29, 1.82) is 0 Å². The lowest BCUT2D eigenvalue weighted by molar-refractivity contribution is -0.307. The molecule has 1 heterocycles. The van der Waals surface area contributed by atoms with Crippen LogP contribution in [0.4, 0.5) is 8.78 Å². The minimum atomic E-state index is -3.25. The summed E-state index contributed by atoms with van der Waals surface area (Å²) in [5.41, 5.74) is 1.80. The van der Waals surface area contributed by atoms with Gasteiger partial charge in [0.2, 0.25) is 0 Å². The molecule has 2 rings (SSSR count). The molecular formula is C26H40F2N2O. The number of allylic oxidation sites excluding steroid dienone is 1. The Balaban J connectivity index is 1.95. The summed E-state index contributed by atoms with van der Waals surface area (Å²) in [5.74, 6) is -1.58. The van der Waals surface area contributed by atoms with Gasteiger partial charge in [-0.2, -0.15) is 8.78 Å². The van der Waals surface area contributed by atoms with Crippen LogP contribution in [0.5, 0.6) is 0 Å². The van der Waals surface area contributed by atoms with Crippen LogP contribution < -0.4 is 5.32 Å². The molecule has 0 saturated heterocycles. The third-order valence-electron chi connectivity index (χ3n) is 5.75. The first-order valence-corrected chi connectivity index (χ1v) is 12.2. The fourth-order valence-corrected chi connectivity index (χ4v) is 3.87. The fourth-order valence-electron chi connectivity index (χ4n) is 3.87. The molecule has 1 aromatic carbocycles. The third kappa shape index (κ3) is 9.10. The zero-order valence-corrected chi connectivity index (χ0v) is 19.3. The van der Waals surface area contributed by atoms with Crippen molar-refractivity contribution in [3.05, 3.63) is 47.7 Å². The molecule has 1 aromatic rings. The van der Waals surface area contributed by atoms with E-state index < -0.39 is 12.0 Å². The first-order valence-electron chi connectivity index (χ1n) is 12.2. The van der Waals surface area contributed by atoms with Crippen molar-refractivity contribution >= 4 is 6.21 Å². The second kappa shape index (κ2) is 13.6. The molecule has 1 N–H and O–H groups in total. The van der Waals surface area contributed by atoms with Crippen molar-refractivity contribution in [2.45, 2.75) is 109 Å². The summed E-state index contributed by atoms with van der Waals surface area (Å²) in [5, 5.41) is 2.93. The number of aliphatic imine (C=N–C) groups is 1. The number of nitrogens with one attached hydrogen (secondary N) is 1. The van der Waals surface area contributed by atoms with E-state index in [9.17, 15) is 8.78 Å². The monoisotopic (exact) mass is 434 g/mol. The molecule has 1 aliphatic rings. The lowest BCUT2D eigenvalue weighted by Crippen LogP contribution is -2.46. The van der Waals surface area contributed by atoms with Crippen LogP contribution >= 0.6 is 0 Å². The molecule has 0 amide bonds. The quantitative estimate of drug-likeness (QED) is 0.269. The fraction of sp³-hybridized carbons (Fsp3) is 0.654. The van der Waals surface area contributed by atoms with Crippen molar-refractivity contribution in [2.75, 3.05) is 0 Å². The largest absolute Gasteiger partial charge is 0.359 e. The lowest BCUT2D eigenvalue weighted by Gasteiger charge is -2.35. The second-order valence-electron chi connectivity index (χ2n) is 8.54. The Kier molecular flexibility index (Phi) is 11.2. The summed E-state index contributed by atoms with van der Waals surface area (Å²) in [6.45, 7) is 4.34. The average molecular weight is 435 g/mol. The number of benzene rings is 1. The predicted octanol–water partition coefficient (Wildman–Crippen LogP) is 7.86. The summed E-state index contributed by atoms with van der Waals surface area (Å²) in [7, 11) is 0. The summed E-state index contributed by atoms with van der Waals surface area (Å²) in [4.78, 5) is 4.28. The number of nitrogens with zero attached hydrogens (tertiary/aromatic N) is 1. The van der Waals surface area contributed by atoms with Gasteiger partial charge in [0.25, 0.3) is 5.85 Å². The van der Waals surface area contributed by atoms with E-state index in [0.29, 0.717) is 12.0 Å². The number of halogens is 2. The van der Waals surface area contributed by atoms with Gasteiger partial charge in [-0.3, -0.25) is 4.74 Å². The van der Waals surface area contributed by atoms with Crippen LogP contribution in [0, 0.1) is 0 Å². The SMILES string of the molecule is CCCCCCCCc1ccc(C2(OC(F)(F)CCCCCCC)N=CC=CN2)cc1. The Hall–Kier alpha value is -1.75. The van der Waals surface area contributed by atoms with E-state index in [4.69, 9.17) is 4.74 Å². The molecule has 0 saturated carbocycles. The summed E-state index contributed by atoms with van der Waals surface area (Å²) < 4.78 is 34.7. The number of rotatable bonds is 16. The normalized spacial score (nSPS) is 18.3. The number of ether oxygens (including phenoxy) is 1. The molecule has 1 aliphatic heterocycles. The van der Waals surface area contributed by atoms with Crippen LogP contribution in [0.15, 0.2) is 41.5 Å². The van der Waals surface area contributed by atoms with E-state index in [1.165, 1.54) is 43.9 Å². The number of hydrogen-bond acceptors (Lipinski definition) is 3. The van der Waals surface area contributed by atoms with Gasteiger partial charge in [0.05, 0.1) is 0 Å². The molecule has 5 heteroatoms. The molecule has 3 nitrogen and oxygen atoms in total. The Labute approximate surface area is 187 Å². The van der Waals surface area contributed by atoms with Crippen LogP contribution in [-0.4, -0.2) is 12.3 Å². The minimum Gasteiger partial charge on any atom is -0.341 e. The molecule has 0 spiro atoms. The van der Waals surface area contributed by atoms with Gasteiger partial charge in [-0.15, -0.1) is 0 Å². The summed E-state index contributed by atoms with van der Waals surface area (Å²) in [6.07, 6.45) is 14.2. The van der Waals surface area contributed by atoms with Crippen LogP contribution in [-0.2, 0) is 17.0 Å². The molecule has 1 atom stereocenters. The van der Waals surface area contributed by atoms with Gasteiger partial charge in [0, 0.05) is 24.4 Å². The highest BCUT2D eigenvalue weighted by Crippen LogP contribution is 2.36. The van der Waals surface area contributed by atoms with Gasteiger partial charge in [-0.1, -0.05) is 95.9 Å². The van der Waals surface area contributed by atoms with Crippen molar-refractivity contribution in [3.63, 3.8) is 0 Å². The summed E-state index contributed by atoms with van der Waals surface area (Å²) in [6, 6.07) is 7.72. The highest BCUT2D eigenvalue weighted by atomic mass is 19.3. The van der Waals surface area contributed by atoms with Crippen LogP contribution in [0.2, 0.25) is 0 Å². The maximum absolute atomic E-state index is 14.7. The molecule has 1 unspecified atom stereocenters. The van der Waals surface area contributed by atoms with Crippen molar-refractivity contribution in [2.24, 2.45) is 4.99 Å².